The van der Waals surface area contributed by atoms with Crippen molar-refractivity contribution in [2.45, 2.75) is 26.4 Å². The molecule has 1 unspecified atom stereocenters. The number of anilines is 1. The molecule has 2 N–H and O–H groups in total. The third-order valence-corrected chi connectivity index (χ3v) is 4.53. The van der Waals surface area contributed by atoms with Crippen LogP contribution in [0.15, 0.2) is 30.3 Å². The Hall–Kier alpha value is -1.94. The van der Waals surface area contributed by atoms with Crippen LogP contribution >= 0.6 is 11.6 Å². The first-order chi connectivity index (χ1) is 10.0. The van der Waals surface area contributed by atoms with Crippen molar-refractivity contribution in [1.82, 2.24) is 9.47 Å². The maximum atomic E-state index is 12.8. The minimum Gasteiger partial charge on any atom is -0.398 e. The van der Waals surface area contributed by atoms with Crippen molar-refractivity contribution in [3.63, 3.8) is 0 Å². The molecule has 0 radical (unpaired) electrons. The highest BCUT2D eigenvalue weighted by molar-refractivity contribution is 6.34. The van der Waals surface area contributed by atoms with Gasteiger partial charge in [0.2, 0.25) is 0 Å². The third-order valence-electron chi connectivity index (χ3n) is 4.21. The molecule has 1 aromatic carbocycles. The number of hydrogen-bond acceptors (Lipinski definition) is 2. The van der Waals surface area contributed by atoms with Crippen LogP contribution in [0.3, 0.4) is 0 Å². The lowest BCUT2D eigenvalue weighted by Crippen LogP contribution is -2.41. The molecule has 1 amide bonds. The summed E-state index contributed by atoms with van der Waals surface area (Å²) in [4.78, 5) is 14.7. The van der Waals surface area contributed by atoms with Crippen molar-refractivity contribution in [3.05, 3.63) is 52.3 Å². The number of nitrogen functional groups attached to an aromatic ring is 1. The summed E-state index contributed by atoms with van der Waals surface area (Å²) in [5.41, 5.74) is 9.14. The third kappa shape index (κ3) is 2.20. The molecule has 0 aliphatic carbocycles. The molecule has 0 saturated heterocycles. The first-order valence-corrected chi connectivity index (χ1v) is 7.39. The molecule has 1 aromatic heterocycles. The average Bonchev–Trinajstić information content (AvgIpc) is 2.81. The van der Waals surface area contributed by atoms with Crippen molar-refractivity contribution >= 4 is 23.2 Å². The molecule has 3 rings (SSSR count). The van der Waals surface area contributed by atoms with Crippen molar-refractivity contribution in [2.75, 3.05) is 12.3 Å². The van der Waals surface area contributed by atoms with Gasteiger partial charge >= 0.3 is 0 Å². The van der Waals surface area contributed by atoms with E-state index in [4.69, 9.17) is 17.3 Å². The molecule has 4 nitrogen and oxygen atoms in total. The van der Waals surface area contributed by atoms with E-state index in [1.54, 1.807) is 18.2 Å². The molecule has 1 aliphatic heterocycles. The normalized spacial score (nSPS) is 17.7. The molecule has 1 aliphatic rings. The van der Waals surface area contributed by atoms with Gasteiger partial charge in [-0.15, -0.1) is 0 Å². The number of amides is 1. The molecular formula is C16H18ClN3O. The predicted molar refractivity (Wildman–Crippen MR) is 84.5 cm³/mol. The second-order valence-electron chi connectivity index (χ2n) is 5.43. The number of carbonyl (C=O) groups is 1. The maximum absolute atomic E-state index is 12.8. The van der Waals surface area contributed by atoms with Gasteiger partial charge in [-0.25, -0.2) is 0 Å². The zero-order valence-corrected chi connectivity index (χ0v) is 12.9. The van der Waals surface area contributed by atoms with E-state index in [1.165, 1.54) is 5.69 Å². The minimum atomic E-state index is -0.101. The van der Waals surface area contributed by atoms with E-state index in [1.807, 2.05) is 11.8 Å². The van der Waals surface area contributed by atoms with Gasteiger partial charge in [-0.1, -0.05) is 17.7 Å². The van der Waals surface area contributed by atoms with Gasteiger partial charge in [-0.2, -0.15) is 0 Å². The summed E-state index contributed by atoms with van der Waals surface area (Å²) < 4.78 is 2.25. The Labute approximate surface area is 129 Å². The fraction of sp³-hybridized carbons (Fsp3) is 0.312. The second kappa shape index (κ2) is 5.11. The number of hydrogen-bond donors (Lipinski definition) is 1. The van der Waals surface area contributed by atoms with Gasteiger partial charge in [0, 0.05) is 30.2 Å². The Bertz CT molecular complexity index is 687. The Balaban J connectivity index is 1.97. The van der Waals surface area contributed by atoms with E-state index >= 15 is 0 Å². The summed E-state index contributed by atoms with van der Waals surface area (Å²) in [7, 11) is 0. The van der Waals surface area contributed by atoms with Crippen molar-refractivity contribution < 1.29 is 4.79 Å². The predicted octanol–water partition coefficient (Wildman–Crippen LogP) is 3.25. The number of aromatic nitrogens is 1. The Morgan fingerprint density at radius 2 is 2.05 bits per heavy atom. The van der Waals surface area contributed by atoms with Crippen LogP contribution in [0.4, 0.5) is 5.69 Å². The molecule has 2 aromatic rings. The number of aryl methyl sites for hydroxylation is 1. The number of nitrogens with two attached hydrogens (primary N) is 1. The van der Waals surface area contributed by atoms with Crippen molar-refractivity contribution in [3.8, 4) is 0 Å². The number of nitrogens with zero attached hydrogens (tertiary/aromatic N) is 2. The van der Waals surface area contributed by atoms with Crippen LogP contribution in [0.5, 0.6) is 0 Å². The fourth-order valence-corrected chi connectivity index (χ4v) is 3.27. The van der Waals surface area contributed by atoms with Gasteiger partial charge in [0.1, 0.15) is 0 Å². The monoisotopic (exact) mass is 303 g/mol. The SMILES string of the molecule is Cc1ccc2n1CCN(C(=O)c1c(N)cccc1Cl)C2C. The number of carbonyl (C=O) groups excluding carboxylic acids is 1. The van der Waals surface area contributed by atoms with E-state index < -0.39 is 0 Å². The molecule has 0 spiro atoms. The zero-order valence-electron chi connectivity index (χ0n) is 12.1. The van der Waals surface area contributed by atoms with E-state index in [2.05, 4.69) is 23.6 Å². The molecule has 1 atom stereocenters. The zero-order chi connectivity index (χ0) is 15.1. The van der Waals surface area contributed by atoms with Crippen LogP contribution < -0.4 is 5.73 Å². The Morgan fingerprint density at radius 1 is 1.29 bits per heavy atom. The number of halogens is 1. The second-order valence-corrected chi connectivity index (χ2v) is 5.84. The maximum Gasteiger partial charge on any atom is 0.258 e. The first-order valence-electron chi connectivity index (χ1n) is 7.01. The van der Waals surface area contributed by atoms with E-state index in [-0.39, 0.29) is 11.9 Å². The Kier molecular flexibility index (Phi) is 3.41. The number of rotatable bonds is 1. The molecule has 2 heterocycles. The fourth-order valence-electron chi connectivity index (χ4n) is 3.01. The Morgan fingerprint density at radius 3 is 2.76 bits per heavy atom. The summed E-state index contributed by atoms with van der Waals surface area (Å²) in [5.74, 6) is -0.101. The van der Waals surface area contributed by atoms with Crippen LogP contribution in [0.25, 0.3) is 0 Å². The van der Waals surface area contributed by atoms with Crippen LogP contribution in [0.2, 0.25) is 5.02 Å². The largest absolute Gasteiger partial charge is 0.398 e. The van der Waals surface area contributed by atoms with Gasteiger partial charge in [-0.3, -0.25) is 4.79 Å². The lowest BCUT2D eigenvalue weighted by Gasteiger charge is -2.36. The summed E-state index contributed by atoms with van der Waals surface area (Å²) >= 11 is 6.16. The lowest BCUT2D eigenvalue weighted by molar-refractivity contribution is 0.0644. The van der Waals surface area contributed by atoms with Gasteiger partial charge < -0.3 is 15.2 Å². The van der Waals surface area contributed by atoms with Crippen LogP contribution in [-0.2, 0) is 6.54 Å². The molecule has 0 bridgehead atoms. The molecular weight excluding hydrogens is 286 g/mol. The van der Waals surface area contributed by atoms with E-state index in [9.17, 15) is 4.79 Å². The first kappa shape index (κ1) is 14.0. The van der Waals surface area contributed by atoms with Crippen molar-refractivity contribution in [1.29, 1.82) is 0 Å². The van der Waals surface area contributed by atoms with Gasteiger partial charge in [0.15, 0.2) is 0 Å². The van der Waals surface area contributed by atoms with Crippen molar-refractivity contribution in [2.24, 2.45) is 0 Å². The quantitative estimate of drug-likeness (QED) is 0.822. The average molecular weight is 304 g/mol. The van der Waals surface area contributed by atoms with Crippen LogP contribution in [0, 0.1) is 6.92 Å². The molecule has 0 saturated carbocycles. The van der Waals surface area contributed by atoms with Gasteiger partial charge in [-0.05, 0) is 38.1 Å². The lowest BCUT2D eigenvalue weighted by atomic mass is 10.1. The smallest absolute Gasteiger partial charge is 0.258 e. The number of benzene rings is 1. The molecule has 0 fully saturated rings. The summed E-state index contributed by atoms with van der Waals surface area (Å²) in [6, 6.07) is 9.34. The summed E-state index contributed by atoms with van der Waals surface area (Å²) in [6.07, 6.45) is 0. The number of fused-ring (bicyclic) bond motifs is 1. The van der Waals surface area contributed by atoms with Crippen LogP contribution in [-0.4, -0.2) is 21.9 Å². The minimum absolute atomic E-state index is 0.00984. The van der Waals surface area contributed by atoms with Gasteiger partial charge in [0.25, 0.3) is 5.91 Å². The highest BCUT2D eigenvalue weighted by Crippen LogP contribution is 2.31. The van der Waals surface area contributed by atoms with E-state index in [0.29, 0.717) is 22.8 Å². The summed E-state index contributed by atoms with van der Waals surface area (Å²) in [6.45, 7) is 5.58. The standard InChI is InChI=1S/C16H18ClN3O/c1-10-6-7-14-11(2)20(9-8-19(10)14)16(21)15-12(17)4-3-5-13(15)18/h3-7,11H,8-9,18H2,1-2H3. The van der Waals surface area contributed by atoms with E-state index in [0.717, 1.165) is 12.2 Å². The topological polar surface area (TPSA) is 51.3 Å². The highest BCUT2D eigenvalue weighted by Gasteiger charge is 2.30. The highest BCUT2D eigenvalue weighted by atomic mass is 35.5. The van der Waals surface area contributed by atoms with Gasteiger partial charge in [0.05, 0.1) is 16.6 Å². The molecule has 110 valence electrons. The molecule has 21 heavy (non-hydrogen) atoms. The summed E-state index contributed by atoms with van der Waals surface area (Å²) in [5, 5.41) is 0.407. The molecule has 5 heteroatoms. The van der Waals surface area contributed by atoms with Crippen LogP contribution in [0.1, 0.15) is 34.7 Å².